The fourth-order valence-electron chi connectivity index (χ4n) is 1.68. The summed E-state index contributed by atoms with van der Waals surface area (Å²) in [5.41, 5.74) is 1.25. The molecule has 0 bridgehead atoms. The number of aryl methyl sites for hydroxylation is 2. The molecule has 0 aliphatic carbocycles. The number of halogens is 2. The lowest BCUT2D eigenvalue weighted by atomic mass is 10.2. The minimum absolute atomic E-state index is 0. The maximum Gasteiger partial charge on any atom is 0.292 e. The smallest absolute Gasteiger partial charge is 0.292 e. The Morgan fingerprint density at radius 1 is 1.50 bits per heavy atom. The molecule has 0 aliphatic heterocycles. The van der Waals surface area contributed by atoms with Crippen molar-refractivity contribution in [3.8, 4) is 0 Å². The van der Waals surface area contributed by atoms with Crippen LogP contribution in [0, 0.1) is 6.92 Å². The van der Waals surface area contributed by atoms with Gasteiger partial charge >= 0.3 is 0 Å². The van der Waals surface area contributed by atoms with Gasteiger partial charge in [-0.3, -0.25) is 10.0 Å². The van der Waals surface area contributed by atoms with E-state index in [0.717, 1.165) is 5.56 Å². The molecule has 0 saturated carbocycles. The first-order valence-corrected chi connectivity index (χ1v) is 6.14. The highest BCUT2D eigenvalue weighted by molar-refractivity contribution is 6.31. The quantitative estimate of drug-likeness (QED) is 0.435. The van der Waals surface area contributed by atoms with Crippen molar-refractivity contribution in [1.82, 2.24) is 4.57 Å². The molecule has 0 saturated heterocycles. The molecule has 0 unspecified atom stereocenters. The number of nitrogens with zero attached hydrogens (tertiary/aromatic N) is 3. The standard InChI is InChI=1S/C13H15ClN3O2.ClH/c1-10-3-4-11(7-12(10)14)17(19)13(18)8-16-6-5-15(2)9-16;/h3-7,9,19H,8H2,1-2H3;1H/q+1;/p-1. The summed E-state index contributed by atoms with van der Waals surface area (Å²) in [6.45, 7) is 1.91. The molecule has 0 radical (unpaired) electrons. The van der Waals surface area contributed by atoms with E-state index in [0.29, 0.717) is 15.8 Å². The molecule has 2 rings (SSSR count). The van der Waals surface area contributed by atoms with Crippen molar-refractivity contribution in [3.63, 3.8) is 0 Å². The van der Waals surface area contributed by atoms with Crippen molar-refractivity contribution in [2.75, 3.05) is 5.06 Å². The second-order valence-corrected chi connectivity index (χ2v) is 4.80. The average molecular weight is 316 g/mol. The van der Waals surface area contributed by atoms with E-state index in [4.69, 9.17) is 11.6 Å². The van der Waals surface area contributed by atoms with Crippen molar-refractivity contribution in [2.24, 2.45) is 7.05 Å². The first kappa shape index (κ1) is 16.5. The van der Waals surface area contributed by atoms with Gasteiger partial charge in [0.2, 0.25) is 6.33 Å². The van der Waals surface area contributed by atoms with E-state index in [2.05, 4.69) is 0 Å². The van der Waals surface area contributed by atoms with Crippen molar-refractivity contribution in [2.45, 2.75) is 13.5 Å². The number of benzene rings is 1. The third-order valence-electron chi connectivity index (χ3n) is 2.78. The number of amides is 1. The average Bonchev–Trinajstić information content (AvgIpc) is 2.77. The normalized spacial score (nSPS) is 10.0. The summed E-state index contributed by atoms with van der Waals surface area (Å²) in [5.74, 6) is -0.434. The molecular formula is C13H15Cl2N3O2. The molecule has 7 heteroatoms. The van der Waals surface area contributed by atoms with E-state index in [1.807, 2.05) is 24.7 Å². The van der Waals surface area contributed by atoms with Gasteiger partial charge in [-0.05, 0) is 24.6 Å². The van der Waals surface area contributed by atoms with Crippen LogP contribution in [-0.4, -0.2) is 15.7 Å². The molecule has 0 aliphatic rings. The van der Waals surface area contributed by atoms with Crippen LogP contribution in [0.25, 0.3) is 0 Å². The largest absolute Gasteiger partial charge is 1.00 e. The number of rotatable bonds is 3. The molecule has 5 nitrogen and oxygen atoms in total. The van der Waals surface area contributed by atoms with Gasteiger partial charge in [-0.1, -0.05) is 17.7 Å². The van der Waals surface area contributed by atoms with Crippen LogP contribution in [0.4, 0.5) is 5.69 Å². The summed E-state index contributed by atoms with van der Waals surface area (Å²) >= 11 is 5.97. The van der Waals surface area contributed by atoms with E-state index in [9.17, 15) is 10.0 Å². The third kappa shape index (κ3) is 3.72. The molecule has 1 aromatic carbocycles. The fraction of sp³-hybridized carbons (Fsp3) is 0.231. The predicted octanol–water partition coefficient (Wildman–Crippen LogP) is -1.30. The summed E-state index contributed by atoms with van der Waals surface area (Å²) < 4.78 is 3.50. The molecule has 0 spiro atoms. The molecule has 20 heavy (non-hydrogen) atoms. The van der Waals surface area contributed by atoms with E-state index < -0.39 is 5.91 Å². The lowest BCUT2D eigenvalue weighted by Crippen LogP contribution is -3.00. The predicted molar refractivity (Wildman–Crippen MR) is 71.1 cm³/mol. The fourth-order valence-corrected chi connectivity index (χ4v) is 1.85. The van der Waals surface area contributed by atoms with Crippen molar-refractivity contribution >= 4 is 23.2 Å². The Bertz CT molecular complexity index is 613. The number of hydrogen-bond donors (Lipinski definition) is 1. The van der Waals surface area contributed by atoms with Gasteiger partial charge < -0.3 is 12.4 Å². The summed E-state index contributed by atoms with van der Waals surface area (Å²) in [5, 5.41) is 11.0. The number of carbonyl (C=O) groups excluding carboxylic acids is 1. The molecule has 1 aromatic heterocycles. The highest BCUT2D eigenvalue weighted by Crippen LogP contribution is 2.22. The van der Waals surface area contributed by atoms with E-state index in [-0.39, 0.29) is 19.0 Å². The lowest BCUT2D eigenvalue weighted by molar-refractivity contribution is -0.671. The second kappa shape index (κ2) is 6.74. The number of anilines is 1. The minimum Gasteiger partial charge on any atom is -1.00 e. The summed E-state index contributed by atoms with van der Waals surface area (Å²) in [6.07, 6.45) is 5.33. The molecule has 0 fully saturated rings. The van der Waals surface area contributed by atoms with Crippen LogP contribution < -0.4 is 22.0 Å². The number of aromatic nitrogens is 2. The molecular weight excluding hydrogens is 301 g/mol. The monoisotopic (exact) mass is 315 g/mol. The third-order valence-corrected chi connectivity index (χ3v) is 3.18. The molecule has 1 amide bonds. The number of carbonyl (C=O) groups is 1. The highest BCUT2D eigenvalue weighted by Gasteiger charge is 2.17. The summed E-state index contributed by atoms with van der Waals surface area (Å²) in [4.78, 5) is 11.9. The van der Waals surface area contributed by atoms with Crippen molar-refractivity contribution in [1.29, 1.82) is 0 Å². The van der Waals surface area contributed by atoms with Crippen LogP contribution in [0.1, 0.15) is 5.56 Å². The van der Waals surface area contributed by atoms with E-state index >= 15 is 0 Å². The Hall–Kier alpha value is -1.56. The van der Waals surface area contributed by atoms with Crippen LogP contribution in [-0.2, 0) is 18.4 Å². The SMILES string of the molecule is Cc1ccc(N(O)C(=O)Cn2cc[n+](C)c2)cc1Cl.[Cl-]. The first-order chi connectivity index (χ1) is 8.97. The Kier molecular flexibility index (Phi) is 5.56. The molecule has 1 heterocycles. The molecule has 108 valence electrons. The van der Waals surface area contributed by atoms with Gasteiger partial charge in [0.15, 0.2) is 6.54 Å². The van der Waals surface area contributed by atoms with Gasteiger partial charge in [0.25, 0.3) is 5.91 Å². The summed E-state index contributed by atoms with van der Waals surface area (Å²) in [7, 11) is 1.86. The zero-order chi connectivity index (χ0) is 14.0. The van der Waals surface area contributed by atoms with E-state index in [1.165, 1.54) is 0 Å². The lowest BCUT2D eigenvalue weighted by Gasteiger charge is -2.14. The number of hydrogen-bond acceptors (Lipinski definition) is 2. The van der Waals surface area contributed by atoms with Gasteiger partial charge in [-0.15, -0.1) is 0 Å². The zero-order valence-electron chi connectivity index (χ0n) is 11.1. The first-order valence-electron chi connectivity index (χ1n) is 5.76. The van der Waals surface area contributed by atoms with Crippen LogP contribution in [0.5, 0.6) is 0 Å². The van der Waals surface area contributed by atoms with Crippen LogP contribution >= 0.6 is 11.6 Å². The number of hydroxylamine groups is 1. The Morgan fingerprint density at radius 3 is 2.75 bits per heavy atom. The maximum absolute atomic E-state index is 11.9. The Balaban J connectivity index is 0.00000200. The van der Waals surface area contributed by atoms with Crippen LogP contribution in [0.3, 0.4) is 0 Å². The van der Waals surface area contributed by atoms with Gasteiger partial charge in [-0.25, -0.2) is 9.13 Å². The van der Waals surface area contributed by atoms with E-state index in [1.54, 1.807) is 35.3 Å². The zero-order valence-corrected chi connectivity index (χ0v) is 12.6. The molecule has 1 N–H and O–H groups in total. The molecule has 2 aromatic rings. The Labute approximate surface area is 128 Å². The van der Waals surface area contributed by atoms with Crippen molar-refractivity contribution in [3.05, 3.63) is 47.5 Å². The highest BCUT2D eigenvalue weighted by atomic mass is 35.5. The summed E-state index contributed by atoms with van der Waals surface area (Å²) in [6, 6.07) is 4.96. The van der Waals surface area contributed by atoms with Crippen LogP contribution in [0.2, 0.25) is 5.02 Å². The van der Waals surface area contributed by atoms with Crippen molar-refractivity contribution < 1.29 is 27.0 Å². The van der Waals surface area contributed by atoms with Gasteiger partial charge in [0, 0.05) is 5.02 Å². The van der Waals surface area contributed by atoms with Gasteiger partial charge in [0.1, 0.15) is 12.4 Å². The minimum atomic E-state index is -0.434. The number of imidazole rings is 1. The molecule has 0 atom stereocenters. The Morgan fingerprint density at radius 2 is 2.20 bits per heavy atom. The van der Waals surface area contributed by atoms with Gasteiger partial charge in [-0.2, -0.15) is 5.06 Å². The second-order valence-electron chi connectivity index (χ2n) is 4.39. The maximum atomic E-state index is 11.9. The van der Waals surface area contributed by atoms with Gasteiger partial charge in [0.05, 0.1) is 12.7 Å². The van der Waals surface area contributed by atoms with Crippen LogP contribution in [0.15, 0.2) is 36.9 Å². The topological polar surface area (TPSA) is 49.4 Å².